The normalized spacial score (nSPS) is 15.9. The van der Waals surface area contributed by atoms with E-state index in [-0.39, 0.29) is 6.10 Å². The lowest BCUT2D eigenvalue weighted by Crippen LogP contribution is -2.10. The van der Waals surface area contributed by atoms with Crippen LogP contribution >= 0.6 is 0 Å². The summed E-state index contributed by atoms with van der Waals surface area (Å²) in [4.78, 5) is 11.8. The number of aliphatic carboxylic acids is 1. The van der Waals surface area contributed by atoms with E-state index in [9.17, 15) is 9.90 Å². The molecule has 4 rings (SSSR count). The molecule has 3 heteroatoms. The molecule has 0 saturated heterocycles. The van der Waals surface area contributed by atoms with Crippen molar-refractivity contribution in [2.75, 3.05) is 0 Å². The zero-order chi connectivity index (χ0) is 18.8. The van der Waals surface area contributed by atoms with Gasteiger partial charge >= 0.3 is 5.97 Å². The predicted octanol–water partition coefficient (Wildman–Crippen LogP) is 5.65. The molecule has 0 fully saturated rings. The molecule has 0 radical (unpaired) electrons. The number of benzene rings is 3. The molecule has 0 saturated carbocycles. The standard InChI is InChI=1S/C24H20O3/c1-16-7-9-17(10-8-16)19-11-12-22-20(13-19)14-21(24(25)26)15-23(27-22)18-5-3-2-4-6-18/h2-14,23H,15H2,1H3,(H,25,26). The summed E-state index contributed by atoms with van der Waals surface area (Å²) in [6.07, 6.45) is 1.74. The van der Waals surface area contributed by atoms with E-state index in [0.29, 0.717) is 17.7 Å². The summed E-state index contributed by atoms with van der Waals surface area (Å²) >= 11 is 0. The summed E-state index contributed by atoms with van der Waals surface area (Å²) in [6, 6.07) is 24.0. The van der Waals surface area contributed by atoms with Gasteiger partial charge in [-0.15, -0.1) is 0 Å². The Bertz CT molecular complexity index is 1000. The zero-order valence-corrected chi connectivity index (χ0v) is 15.1. The Morgan fingerprint density at radius 3 is 2.37 bits per heavy atom. The number of hydrogen-bond donors (Lipinski definition) is 1. The minimum absolute atomic E-state index is 0.319. The largest absolute Gasteiger partial charge is 0.485 e. The molecule has 0 aromatic heterocycles. The van der Waals surface area contributed by atoms with Crippen LogP contribution in [0.1, 0.15) is 29.2 Å². The van der Waals surface area contributed by atoms with Gasteiger partial charge in [-0.05, 0) is 41.8 Å². The minimum Gasteiger partial charge on any atom is -0.485 e. The molecule has 27 heavy (non-hydrogen) atoms. The van der Waals surface area contributed by atoms with E-state index in [1.807, 2.05) is 48.5 Å². The van der Waals surface area contributed by atoms with Crippen LogP contribution in [0, 0.1) is 6.92 Å². The van der Waals surface area contributed by atoms with E-state index in [0.717, 1.165) is 22.3 Å². The van der Waals surface area contributed by atoms with Crippen molar-refractivity contribution in [2.24, 2.45) is 0 Å². The number of aryl methyl sites for hydroxylation is 1. The Kier molecular flexibility index (Phi) is 4.51. The fourth-order valence-electron chi connectivity index (χ4n) is 3.34. The van der Waals surface area contributed by atoms with Gasteiger partial charge in [-0.1, -0.05) is 66.2 Å². The first-order valence-electron chi connectivity index (χ1n) is 8.97. The summed E-state index contributed by atoms with van der Waals surface area (Å²) in [7, 11) is 0. The second kappa shape index (κ2) is 7.12. The van der Waals surface area contributed by atoms with Crippen LogP contribution in [-0.4, -0.2) is 11.1 Å². The summed E-state index contributed by atoms with van der Waals surface area (Å²) in [5, 5.41) is 9.65. The topological polar surface area (TPSA) is 46.5 Å². The highest BCUT2D eigenvalue weighted by molar-refractivity contribution is 5.93. The molecule has 3 aromatic rings. The lowest BCUT2D eigenvalue weighted by molar-refractivity contribution is -0.132. The van der Waals surface area contributed by atoms with Crippen LogP contribution < -0.4 is 4.74 Å². The molecule has 0 spiro atoms. The van der Waals surface area contributed by atoms with E-state index in [1.165, 1.54) is 5.56 Å². The minimum atomic E-state index is -0.909. The Morgan fingerprint density at radius 2 is 1.67 bits per heavy atom. The maximum Gasteiger partial charge on any atom is 0.331 e. The van der Waals surface area contributed by atoms with Gasteiger partial charge in [0.15, 0.2) is 0 Å². The maximum absolute atomic E-state index is 11.8. The lowest BCUT2D eigenvalue weighted by Gasteiger charge is -2.19. The molecule has 1 unspecified atom stereocenters. The first kappa shape index (κ1) is 17.1. The van der Waals surface area contributed by atoms with Gasteiger partial charge in [-0.3, -0.25) is 0 Å². The summed E-state index contributed by atoms with van der Waals surface area (Å²) in [5.41, 5.74) is 5.46. The van der Waals surface area contributed by atoms with Crippen LogP contribution in [0.2, 0.25) is 0 Å². The van der Waals surface area contributed by atoms with Gasteiger partial charge in [-0.25, -0.2) is 4.79 Å². The summed E-state index contributed by atoms with van der Waals surface area (Å²) in [6.45, 7) is 2.06. The van der Waals surface area contributed by atoms with E-state index in [2.05, 4.69) is 31.2 Å². The molecule has 0 bridgehead atoms. The van der Waals surface area contributed by atoms with Gasteiger partial charge < -0.3 is 9.84 Å². The SMILES string of the molecule is Cc1ccc(-c2ccc3c(c2)C=C(C(=O)O)CC(c2ccccc2)O3)cc1. The Morgan fingerprint density at radius 1 is 0.963 bits per heavy atom. The van der Waals surface area contributed by atoms with Gasteiger partial charge in [0.05, 0.1) is 0 Å². The molecule has 1 N–H and O–H groups in total. The van der Waals surface area contributed by atoms with Gasteiger partial charge in [0.2, 0.25) is 0 Å². The van der Waals surface area contributed by atoms with Crippen molar-refractivity contribution in [3.8, 4) is 16.9 Å². The van der Waals surface area contributed by atoms with E-state index >= 15 is 0 Å². The monoisotopic (exact) mass is 356 g/mol. The van der Waals surface area contributed by atoms with Crippen molar-refractivity contribution in [1.29, 1.82) is 0 Å². The third kappa shape index (κ3) is 3.63. The molecular weight excluding hydrogens is 336 g/mol. The second-order valence-corrected chi connectivity index (χ2v) is 6.81. The third-order valence-electron chi connectivity index (χ3n) is 4.85. The molecule has 1 heterocycles. The highest BCUT2D eigenvalue weighted by Gasteiger charge is 2.24. The number of carbonyl (C=O) groups is 1. The number of carboxylic acids is 1. The Balaban J connectivity index is 1.77. The molecule has 134 valence electrons. The van der Waals surface area contributed by atoms with Crippen LogP contribution in [0.5, 0.6) is 5.75 Å². The molecule has 1 aliphatic rings. The summed E-state index contributed by atoms with van der Waals surface area (Å²) < 4.78 is 6.22. The van der Waals surface area contributed by atoms with Crippen molar-refractivity contribution in [1.82, 2.24) is 0 Å². The fourth-order valence-corrected chi connectivity index (χ4v) is 3.34. The number of hydrogen-bond acceptors (Lipinski definition) is 2. The first-order valence-corrected chi connectivity index (χ1v) is 8.97. The van der Waals surface area contributed by atoms with Gasteiger partial charge in [0, 0.05) is 17.6 Å². The number of fused-ring (bicyclic) bond motifs is 1. The molecule has 3 aromatic carbocycles. The number of ether oxygens (including phenoxy) is 1. The van der Waals surface area contributed by atoms with Crippen molar-refractivity contribution < 1.29 is 14.6 Å². The van der Waals surface area contributed by atoms with E-state index in [1.54, 1.807) is 6.08 Å². The lowest BCUT2D eigenvalue weighted by atomic mass is 9.99. The Hall–Kier alpha value is -3.33. The molecule has 0 aliphatic carbocycles. The van der Waals surface area contributed by atoms with Gasteiger partial charge in [0.1, 0.15) is 11.9 Å². The molecule has 3 nitrogen and oxygen atoms in total. The highest BCUT2D eigenvalue weighted by atomic mass is 16.5. The smallest absolute Gasteiger partial charge is 0.331 e. The third-order valence-corrected chi connectivity index (χ3v) is 4.85. The quantitative estimate of drug-likeness (QED) is 0.659. The Labute approximate surface area is 158 Å². The van der Waals surface area contributed by atoms with Crippen molar-refractivity contribution in [2.45, 2.75) is 19.4 Å². The van der Waals surface area contributed by atoms with Crippen LogP contribution in [0.3, 0.4) is 0 Å². The van der Waals surface area contributed by atoms with Crippen LogP contribution in [0.4, 0.5) is 0 Å². The van der Waals surface area contributed by atoms with E-state index in [4.69, 9.17) is 4.74 Å². The zero-order valence-electron chi connectivity index (χ0n) is 15.1. The summed E-state index contributed by atoms with van der Waals surface area (Å²) in [5.74, 6) is -0.205. The molecular formula is C24H20O3. The number of rotatable bonds is 3. The van der Waals surface area contributed by atoms with Crippen molar-refractivity contribution >= 4 is 12.0 Å². The van der Waals surface area contributed by atoms with Crippen LogP contribution in [0.25, 0.3) is 17.2 Å². The van der Waals surface area contributed by atoms with Gasteiger partial charge in [-0.2, -0.15) is 0 Å². The van der Waals surface area contributed by atoms with Gasteiger partial charge in [0.25, 0.3) is 0 Å². The van der Waals surface area contributed by atoms with Crippen molar-refractivity contribution in [3.05, 3.63) is 95.1 Å². The fraction of sp³-hybridized carbons (Fsp3) is 0.125. The van der Waals surface area contributed by atoms with Crippen molar-refractivity contribution in [3.63, 3.8) is 0 Å². The molecule has 0 amide bonds. The maximum atomic E-state index is 11.8. The predicted molar refractivity (Wildman–Crippen MR) is 107 cm³/mol. The first-order chi connectivity index (χ1) is 13.1. The number of carboxylic acid groups (broad SMARTS) is 1. The highest BCUT2D eigenvalue weighted by Crippen LogP contribution is 2.37. The average molecular weight is 356 g/mol. The van der Waals surface area contributed by atoms with Crippen LogP contribution in [-0.2, 0) is 4.79 Å². The molecule has 1 aliphatic heterocycles. The molecule has 1 atom stereocenters. The average Bonchev–Trinajstić information content (AvgIpc) is 2.88. The van der Waals surface area contributed by atoms with E-state index < -0.39 is 5.97 Å². The van der Waals surface area contributed by atoms with Crippen LogP contribution in [0.15, 0.2) is 78.4 Å². The second-order valence-electron chi connectivity index (χ2n) is 6.81.